The molecule has 0 saturated carbocycles. The molecule has 6 nitrogen and oxygen atoms in total. The number of hydrogen-bond donors (Lipinski definition) is 2. The van der Waals surface area contributed by atoms with E-state index in [1.54, 1.807) is 6.20 Å². The van der Waals surface area contributed by atoms with Crippen molar-refractivity contribution < 1.29 is 4.79 Å². The molecule has 1 fully saturated rings. The van der Waals surface area contributed by atoms with Crippen LogP contribution in [0.15, 0.2) is 54.0 Å². The molecule has 2 aromatic rings. The van der Waals surface area contributed by atoms with E-state index in [4.69, 9.17) is 0 Å². The number of hydrazine groups is 2. The van der Waals surface area contributed by atoms with Crippen LogP contribution in [0.2, 0.25) is 0 Å². The first-order valence-electron chi connectivity index (χ1n) is 7.05. The van der Waals surface area contributed by atoms with E-state index in [1.807, 2.05) is 55.3 Å². The molecule has 4 rings (SSSR count). The van der Waals surface area contributed by atoms with Gasteiger partial charge in [-0.05, 0) is 38.1 Å². The predicted octanol–water partition coefficient (Wildman–Crippen LogP) is 2.32. The van der Waals surface area contributed by atoms with Crippen molar-refractivity contribution in [1.29, 1.82) is 0 Å². The Morgan fingerprint density at radius 3 is 2.64 bits per heavy atom. The molecule has 0 radical (unpaired) electrons. The van der Waals surface area contributed by atoms with Crippen LogP contribution in [0.3, 0.4) is 0 Å². The first-order chi connectivity index (χ1) is 10.6. The Bertz CT molecular complexity index is 796. The quantitative estimate of drug-likeness (QED) is 0.845. The number of anilines is 3. The number of nitrogens with one attached hydrogen (secondary N) is 2. The first kappa shape index (κ1) is 12.8. The van der Waals surface area contributed by atoms with Gasteiger partial charge in [-0.2, -0.15) is 0 Å². The molecule has 1 aromatic heterocycles. The summed E-state index contributed by atoms with van der Waals surface area (Å²) in [6, 6.07) is 11.6. The van der Waals surface area contributed by atoms with Gasteiger partial charge < -0.3 is 5.32 Å². The molecule has 0 aliphatic carbocycles. The van der Waals surface area contributed by atoms with E-state index in [2.05, 4.69) is 15.8 Å². The van der Waals surface area contributed by atoms with E-state index in [-0.39, 0.29) is 5.91 Å². The summed E-state index contributed by atoms with van der Waals surface area (Å²) in [5.41, 5.74) is 8.06. The van der Waals surface area contributed by atoms with E-state index < -0.39 is 0 Å². The molecule has 0 bridgehead atoms. The van der Waals surface area contributed by atoms with E-state index in [9.17, 15) is 4.79 Å². The van der Waals surface area contributed by atoms with Gasteiger partial charge in [0.05, 0.1) is 23.3 Å². The van der Waals surface area contributed by atoms with Crippen molar-refractivity contribution in [3.63, 3.8) is 0 Å². The third-order valence-corrected chi connectivity index (χ3v) is 3.81. The van der Waals surface area contributed by atoms with Crippen molar-refractivity contribution in [3.8, 4) is 0 Å². The Balaban J connectivity index is 1.78. The average molecular weight is 293 g/mol. The lowest BCUT2D eigenvalue weighted by atomic mass is 10.1. The lowest BCUT2D eigenvalue weighted by Crippen LogP contribution is -2.41. The number of benzene rings is 1. The summed E-state index contributed by atoms with van der Waals surface area (Å²) in [7, 11) is 0. The normalized spacial score (nSPS) is 16.5. The number of allylic oxidation sites excluding steroid dienone is 1. The van der Waals surface area contributed by atoms with Gasteiger partial charge in [0.25, 0.3) is 5.91 Å². The average Bonchev–Trinajstić information content (AvgIpc) is 2.87. The van der Waals surface area contributed by atoms with Crippen molar-refractivity contribution in [2.45, 2.75) is 13.8 Å². The van der Waals surface area contributed by atoms with Crippen LogP contribution in [-0.4, -0.2) is 10.9 Å². The molecular weight excluding hydrogens is 278 g/mol. The minimum Gasteiger partial charge on any atom is -0.355 e. The fraction of sp³-hybridized carbons (Fsp3) is 0.125. The largest absolute Gasteiger partial charge is 0.355 e. The van der Waals surface area contributed by atoms with Gasteiger partial charge >= 0.3 is 0 Å². The van der Waals surface area contributed by atoms with Gasteiger partial charge in [-0.1, -0.05) is 12.1 Å². The summed E-state index contributed by atoms with van der Waals surface area (Å²) < 4.78 is 0. The Kier molecular flexibility index (Phi) is 2.67. The fourth-order valence-corrected chi connectivity index (χ4v) is 2.70. The highest BCUT2D eigenvalue weighted by Crippen LogP contribution is 2.37. The SMILES string of the molecule is CC1=C2C(=O)N(c3ccc(C)nc3)NN2c2ccccc2N1. The number of rotatable bonds is 1. The number of pyridine rings is 1. The zero-order valence-corrected chi connectivity index (χ0v) is 12.3. The standard InChI is InChI=1S/C16H15N5O/c1-10-7-8-12(9-17-10)20-16(22)15-11(2)18-13-5-3-4-6-14(13)21(15)19-20/h3-9,18-19H,1-2H3. The first-order valence-corrected chi connectivity index (χ1v) is 7.05. The number of para-hydroxylation sites is 2. The maximum atomic E-state index is 12.7. The number of nitrogens with zero attached hydrogens (tertiary/aromatic N) is 3. The highest BCUT2D eigenvalue weighted by Gasteiger charge is 2.39. The van der Waals surface area contributed by atoms with E-state index in [1.165, 1.54) is 5.01 Å². The van der Waals surface area contributed by atoms with E-state index in [0.717, 1.165) is 22.8 Å². The molecule has 2 aliphatic rings. The predicted molar refractivity (Wildman–Crippen MR) is 84.8 cm³/mol. The number of aryl methyl sites for hydroxylation is 1. The topological polar surface area (TPSA) is 60.5 Å². The van der Waals surface area contributed by atoms with Gasteiger partial charge in [0.1, 0.15) is 5.70 Å². The lowest BCUT2D eigenvalue weighted by molar-refractivity contribution is -0.114. The summed E-state index contributed by atoms with van der Waals surface area (Å²) >= 11 is 0. The molecule has 1 aromatic carbocycles. The number of aromatic nitrogens is 1. The Labute approximate surface area is 128 Å². The van der Waals surface area contributed by atoms with Crippen molar-refractivity contribution in [3.05, 3.63) is 59.7 Å². The molecule has 110 valence electrons. The van der Waals surface area contributed by atoms with Gasteiger partial charge in [-0.3, -0.25) is 9.78 Å². The molecule has 6 heteroatoms. The molecule has 0 atom stereocenters. The van der Waals surface area contributed by atoms with Gasteiger partial charge in [0.15, 0.2) is 0 Å². The second kappa shape index (κ2) is 4.57. The minimum atomic E-state index is -0.106. The Morgan fingerprint density at radius 1 is 1.05 bits per heavy atom. The third-order valence-electron chi connectivity index (χ3n) is 3.81. The maximum Gasteiger partial charge on any atom is 0.294 e. The van der Waals surface area contributed by atoms with Crippen LogP contribution in [0.25, 0.3) is 0 Å². The number of fused-ring (bicyclic) bond motifs is 3. The highest BCUT2D eigenvalue weighted by molar-refractivity contribution is 6.12. The van der Waals surface area contributed by atoms with E-state index >= 15 is 0 Å². The molecular formula is C16H15N5O. The Morgan fingerprint density at radius 2 is 1.86 bits per heavy atom. The monoisotopic (exact) mass is 293 g/mol. The van der Waals surface area contributed by atoms with Crippen molar-refractivity contribution in [1.82, 2.24) is 10.5 Å². The minimum absolute atomic E-state index is 0.106. The van der Waals surface area contributed by atoms with Crippen LogP contribution >= 0.6 is 0 Å². The van der Waals surface area contributed by atoms with Gasteiger partial charge in [0, 0.05) is 11.4 Å². The molecule has 0 unspecified atom stereocenters. The molecule has 2 aliphatic heterocycles. The van der Waals surface area contributed by atoms with Crippen LogP contribution < -0.4 is 20.9 Å². The number of hydrogen-bond acceptors (Lipinski definition) is 5. The highest BCUT2D eigenvalue weighted by atomic mass is 16.2. The van der Waals surface area contributed by atoms with Crippen molar-refractivity contribution in [2.24, 2.45) is 0 Å². The summed E-state index contributed by atoms with van der Waals surface area (Å²) in [5.74, 6) is -0.106. The lowest BCUT2D eigenvalue weighted by Gasteiger charge is -2.28. The number of carbonyl (C=O) groups is 1. The summed E-state index contributed by atoms with van der Waals surface area (Å²) in [5, 5.41) is 6.60. The zero-order valence-electron chi connectivity index (χ0n) is 12.3. The third kappa shape index (κ3) is 1.78. The van der Waals surface area contributed by atoms with Gasteiger partial charge in [-0.15, -0.1) is 5.53 Å². The zero-order chi connectivity index (χ0) is 15.3. The molecule has 1 saturated heterocycles. The molecule has 3 heterocycles. The summed E-state index contributed by atoms with van der Waals surface area (Å²) in [6.07, 6.45) is 1.69. The van der Waals surface area contributed by atoms with E-state index in [0.29, 0.717) is 11.4 Å². The van der Waals surface area contributed by atoms with Crippen molar-refractivity contribution in [2.75, 3.05) is 15.3 Å². The van der Waals surface area contributed by atoms with Crippen LogP contribution in [0.4, 0.5) is 17.1 Å². The van der Waals surface area contributed by atoms with Crippen LogP contribution in [0.1, 0.15) is 12.6 Å². The van der Waals surface area contributed by atoms with Gasteiger partial charge in [0.2, 0.25) is 0 Å². The second-order valence-electron chi connectivity index (χ2n) is 5.35. The molecule has 2 N–H and O–H groups in total. The molecule has 0 spiro atoms. The van der Waals surface area contributed by atoms with Gasteiger partial charge in [-0.25, -0.2) is 10.0 Å². The smallest absolute Gasteiger partial charge is 0.294 e. The Hall–Kier alpha value is -2.86. The molecule has 1 amide bonds. The van der Waals surface area contributed by atoms with Crippen molar-refractivity contribution >= 4 is 23.0 Å². The number of carbonyl (C=O) groups excluding carboxylic acids is 1. The molecule has 22 heavy (non-hydrogen) atoms. The van der Waals surface area contributed by atoms with Crippen LogP contribution in [0.5, 0.6) is 0 Å². The summed E-state index contributed by atoms with van der Waals surface area (Å²) in [6.45, 7) is 3.81. The maximum absolute atomic E-state index is 12.7. The fourth-order valence-electron chi connectivity index (χ4n) is 2.70. The van der Waals surface area contributed by atoms with Crippen LogP contribution in [0, 0.1) is 6.92 Å². The second-order valence-corrected chi connectivity index (χ2v) is 5.35. The number of amides is 1. The van der Waals surface area contributed by atoms with Crippen LogP contribution in [-0.2, 0) is 4.79 Å². The summed E-state index contributed by atoms with van der Waals surface area (Å²) in [4.78, 5) is 17.0.